The number of benzene rings is 1. The lowest BCUT2D eigenvalue weighted by atomic mass is 10.2. The van der Waals surface area contributed by atoms with Gasteiger partial charge in [0.2, 0.25) is 0 Å². The van der Waals surface area contributed by atoms with Crippen LogP contribution in [0.2, 0.25) is 0 Å². The van der Waals surface area contributed by atoms with Gasteiger partial charge in [-0.2, -0.15) is 0 Å². The van der Waals surface area contributed by atoms with Crippen LogP contribution in [0.3, 0.4) is 0 Å². The Balaban J connectivity index is 2.19. The predicted octanol–water partition coefficient (Wildman–Crippen LogP) is 3.37. The molecule has 0 atom stereocenters. The summed E-state index contributed by atoms with van der Waals surface area (Å²) >= 11 is 0. The SMILES string of the molecule is Fc1ccnc(-c2cc3ccccc3[nH]2)c1. The number of nitrogens with zero attached hydrogens (tertiary/aromatic N) is 1. The average molecular weight is 212 g/mol. The van der Waals surface area contributed by atoms with Crippen LogP contribution in [-0.2, 0) is 0 Å². The van der Waals surface area contributed by atoms with E-state index in [1.54, 1.807) is 0 Å². The van der Waals surface area contributed by atoms with E-state index in [0.29, 0.717) is 5.69 Å². The molecule has 2 heterocycles. The van der Waals surface area contributed by atoms with Crippen molar-refractivity contribution in [3.63, 3.8) is 0 Å². The van der Waals surface area contributed by atoms with Crippen molar-refractivity contribution in [3.8, 4) is 11.4 Å². The fourth-order valence-electron chi connectivity index (χ4n) is 1.76. The predicted molar refractivity (Wildman–Crippen MR) is 61.5 cm³/mol. The molecule has 0 fully saturated rings. The van der Waals surface area contributed by atoms with Gasteiger partial charge in [0.25, 0.3) is 0 Å². The number of nitrogens with one attached hydrogen (secondary N) is 1. The third-order valence-corrected chi connectivity index (χ3v) is 2.53. The molecule has 0 amide bonds. The molecule has 0 aliphatic heterocycles. The first-order chi connectivity index (χ1) is 7.83. The minimum absolute atomic E-state index is 0.274. The highest BCUT2D eigenvalue weighted by Gasteiger charge is 2.04. The van der Waals surface area contributed by atoms with Crippen LogP contribution in [0, 0.1) is 5.82 Å². The molecular formula is C13H9FN2. The normalized spacial score (nSPS) is 10.8. The van der Waals surface area contributed by atoms with Gasteiger partial charge in [-0.05, 0) is 18.2 Å². The number of aromatic nitrogens is 2. The summed E-state index contributed by atoms with van der Waals surface area (Å²) < 4.78 is 13.1. The maximum absolute atomic E-state index is 13.1. The number of rotatable bonds is 1. The van der Waals surface area contributed by atoms with Gasteiger partial charge in [0.15, 0.2) is 0 Å². The Morgan fingerprint density at radius 1 is 1.06 bits per heavy atom. The third-order valence-electron chi connectivity index (χ3n) is 2.53. The molecular weight excluding hydrogens is 203 g/mol. The van der Waals surface area contributed by atoms with Crippen LogP contribution in [0.5, 0.6) is 0 Å². The van der Waals surface area contributed by atoms with E-state index >= 15 is 0 Å². The van der Waals surface area contributed by atoms with Crippen molar-refractivity contribution in [1.29, 1.82) is 0 Å². The second-order valence-electron chi connectivity index (χ2n) is 3.63. The summed E-state index contributed by atoms with van der Waals surface area (Å²) in [6.45, 7) is 0. The summed E-state index contributed by atoms with van der Waals surface area (Å²) in [5, 5.41) is 1.10. The quantitative estimate of drug-likeness (QED) is 0.658. The summed E-state index contributed by atoms with van der Waals surface area (Å²) in [7, 11) is 0. The maximum atomic E-state index is 13.1. The van der Waals surface area contributed by atoms with Gasteiger partial charge in [0, 0.05) is 23.2 Å². The molecule has 0 aliphatic rings. The average Bonchev–Trinajstić information content (AvgIpc) is 2.72. The minimum atomic E-state index is -0.274. The molecule has 3 heteroatoms. The molecule has 0 spiro atoms. The van der Waals surface area contributed by atoms with Crippen molar-refractivity contribution in [2.75, 3.05) is 0 Å². The highest BCUT2D eigenvalue weighted by molar-refractivity contribution is 5.85. The van der Waals surface area contributed by atoms with E-state index < -0.39 is 0 Å². The first kappa shape index (κ1) is 9.09. The van der Waals surface area contributed by atoms with Crippen molar-refractivity contribution in [3.05, 3.63) is 54.5 Å². The zero-order valence-corrected chi connectivity index (χ0v) is 8.44. The van der Waals surface area contributed by atoms with Crippen molar-refractivity contribution in [1.82, 2.24) is 9.97 Å². The van der Waals surface area contributed by atoms with Gasteiger partial charge in [-0.1, -0.05) is 18.2 Å². The van der Waals surface area contributed by atoms with E-state index in [2.05, 4.69) is 9.97 Å². The lowest BCUT2D eigenvalue weighted by molar-refractivity contribution is 0.626. The van der Waals surface area contributed by atoms with Gasteiger partial charge in [-0.3, -0.25) is 4.98 Å². The Kier molecular flexibility index (Phi) is 1.96. The summed E-state index contributed by atoms with van der Waals surface area (Å²) in [5.41, 5.74) is 2.49. The number of halogens is 1. The summed E-state index contributed by atoms with van der Waals surface area (Å²) in [5.74, 6) is -0.274. The van der Waals surface area contributed by atoms with Crippen LogP contribution in [0.4, 0.5) is 4.39 Å². The van der Waals surface area contributed by atoms with Crippen LogP contribution in [0.1, 0.15) is 0 Å². The Morgan fingerprint density at radius 2 is 1.94 bits per heavy atom. The molecule has 3 rings (SSSR count). The minimum Gasteiger partial charge on any atom is -0.353 e. The number of aromatic amines is 1. The number of hydrogen-bond donors (Lipinski definition) is 1. The smallest absolute Gasteiger partial charge is 0.126 e. The molecule has 0 saturated heterocycles. The van der Waals surface area contributed by atoms with Crippen molar-refractivity contribution in [2.24, 2.45) is 0 Å². The number of H-pyrrole nitrogens is 1. The fourth-order valence-corrected chi connectivity index (χ4v) is 1.76. The monoisotopic (exact) mass is 212 g/mol. The zero-order valence-electron chi connectivity index (χ0n) is 8.44. The molecule has 0 unspecified atom stereocenters. The summed E-state index contributed by atoms with van der Waals surface area (Å²) in [6.07, 6.45) is 1.47. The first-order valence-electron chi connectivity index (χ1n) is 5.02. The van der Waals surface area contributed by atoms with Gasteiger partial charge in [-0.15, -0.1) is 0 Å². The number of hydrogen-bond acceptors (Lipinski definition) is 1. The summed E-state index contributed by atoms with van der Waals surface area (Å²) in [4.78, 5) is 7.34. The summed E-state index contributed by atoms with van der Waals surface area (Å²) in [6, 6.07) is 12.7. The Labute approximate surface area is 91.8 Å². The standard InChI is InChI=1S/C13H9FN2/c14-10-5-6-15-12(8-10)13-7-9-3-1-2-4-11(9)16-13/h1-8,16H. The molecule has 2 aromatic heterocycles. The van der Waals surface area contributed by atoms with E-state index in [-0.39, 0.29) is 5.82 Å². The van der Waals surface area contributed by atoms with Crippen LogP contribution in [0.25, 0.3) is 22.3 Å². The van der Waals surface area contributed by atoms with E-state index in [1.165, 1.54) is 18.3 Å². The molecule has 78 valence electrons. The Morgan fingerprint density at radius 3 is 2.75 bits per heavy atom. The molecule has 1 aromatic carbocycles. The van der Waals surface area contributed by atoms with Crippen LogP contribution >= 0.6 is 0 Å². The fraction of sp³-hybridized carbons (Fsp3) is 0. The Hall–Kier alpha value is -2.16. The van der Waals surface area contributed by atoms with Gasteiger partial charge >= 0.3 is 0 Å². The van der Waals surface area contributed by atoms with Crippen molar-refractivity contribution < 1.29 is 4.39 Å². The van der Waals surface area contributed by atoms with Crippen molar-refractivity contribution in [2.45, 2.75) is 0 Å². The van der Waals surface area contributed by atoms with Crippen LogP contribution in [-0.4, -0.2) is 9.97 Å². The van der Waals surface area contributed by atoms with E-state index in [0.717, 1.165) is 16.6 Å². The van der Waals surface area contributed by atoms with E-state index in [1.807, 2.05) is 30.3 Å². The number of para-hydroxylation sites is 1. The lowest BCUT2D eigenvalue weighted by Crippen LogP contribution is -1.84. The largest absolute Gasteiger partial charge is 0.353 e. The first-order valence-corrected chi connectivity index (χ1v) is 5.02. The van der Waals surface area contributed by atoms with E-state index in [4.69, 9.17) is 0 Å². The molecule has 0 bridgehead atoms. The maximum Gasteiger partial charge on any atom is 0.126 e. The van der Waals surface area contributed by atoms with Crippen LogP contribution in [0.15, 0.2) is 48.7 Å². The third kappa shape index (κ3) is 1.46. The molecule has 0 radical (unpaired) electrons. The molecule has 1 N–H and O–H groups in total. The Bertz CT molecular complexity index is 610. The highest BCUT2D eigenvalue weighted by atomic mass is 19.1. The van der Waals surface area contributed by atoms with Gasteiger partial charge in [-0.25, -0.2) is 4.39 Å². The highest BCUT2D eigenvalue weighted by Crippen LogP contribution is 2.22. The molecule has 16 heavy (non-hydrogen) atoms. The molecule has 2 nitrogen and oxygen atoms in total. The zero-order chi connectivity index (χ0) is 11.0. The number of fused-ring (bicyclic) bond motifs is 1. The lowest BCUT2D eigenvalue weighted by Gasteiger charge is -1.95. The number of pyridine rings is 1. The second-order valence-corrected chi connectivity index (χ2v) is 3.63. The van der Waals surface area contributed by atoms with Crippen molar-refractivity contribution >= 4 is 10.9 Å². The van der Waals surface area contributed by atoms with Gasteiger partial charge < -0.3 is 4.98 Å². The molecule has 0 aliphatic carbocycles. The van der Waals surface area contributed by atoms with Gasteiger partial charge in [0.1, 0.15) is 5.82 Å². The molecule has 0 saturated carbocycles. The topological polar surface area (TPSA) is 28.7 Å². The van der Waals surface area contributed by atoms with E-state index in [9.17, 15) is 4.39 Å². The molecule has 3 aromatic rings. The van der Waals surface area contributed by atoms with Crippen LogP contribution < -0.4 is 0 Å². The second kappa shape index (κ2) is 3.45. The van der Waals surface area contributed by atoms with Gasteiger partial charge in [0.05, 0.1) is 11.4 Å².